The highest BCUT2D eigenvalue weighted by Crippen LogP contribution is 2.62. The van der Waals surface area contributed by atoms with Crippen LogP contribution >= 0.6 is 0 Å². The topological polar surface area (TPSA) is 69.7 Å². The lowest BCUT2D eigenvalue weighted by atomic mass is 9.53. The summed E-state index contributed by atoms with van der Waals surface area (Å²) in [5, 5.41) is 0. The van der Waals surface area contributed by atoms with Crippen LogP contribution < -0.4 is 0 Å². The van der Waals surface area contributed by atoms with Gasteiger partial charge in [0.15, 0.2) is 0 Å². The lowest BCUT2D eigenvalue weighted by Crippen LogP contribution is -2.64. The van der Waals surface area contributed by atoms with E-state index in [1.54, 1.807) is 0 Å². The Morgan fingerprint density at radius 2 is 1.34 bits per heavy atom. The van der Waals surface area contributed by atoms with Gasteiger partial charge < -0.3 is 9.64 Å². The van der Waals surface area contributed by atoms with E-state index in [-0.39, 0.29) is 0 Å². The molecule has 2 spiro atoms. The van der Waals surface area contributed by atoms with Gasteiger partial charge in [-0.15, -0.1) is 0 Å². The van der Waals surface area contributed by atoms with Gasteiger partial charge >= 0.3 is 0 Å². The van der Waals surface area contributed by atoms with Crippen LogP contribution in [0.5, 0.6) is 0 Å². The van der Waals surface area contributed by atoms with Crippen LogP contribution in [0.1, 0.15) is 77.0 Å². The minimum atomic E-state index is -0.796. The van der Waals surface area contributed by atoms with Gasteiger partial charge in [-0.1, -0.05) is 0 Å². The second kappa shape index (κ2) is 9.21. The fourth-order valence-electron chi connectivity index (χ4n) is 8.71. The average molecular weight is 491 g/mol. The van der Waals surface area contributed by atoms with E-state index < -0.39 is 11.6 Å². The van der Waals surface area contributed by atoms with Crippen LogP contribution in [0.2, 0.25) is 0 Å². The number of piperidine rings is 1. The lowest BCUT2D eigenvalue weighted by molar-refractivity contribution is -0.680. The van der Waals surface area contributed by atoms with E-state index in [0.29, 0.717) is 36.1 Å². The normalized spacial score (nSPS) is 46.5. The summed E-state index contributed by atoms with van der Waals surface area (Å²) in [5.74, 6) is 1.70. The van der Waals surface area contributed by atoms with Gasteiger partial charge in [0.2, 0.25) is 17.5 Å². The summed E-state index contributed by atoms with van der Waals surface area (Å²) in [7, 11) is 0. The Morgan fingerprint density at radius 1 is 0.743 bits per heavy atom. The minimum absolute atomic E-state index is 0.317. The molecule has 0 aromatic heterocycles. The van der Waals surface area contributed by atoms with Crippen molar-refractivity contribution in [3.63, 3.8) is 0 Å². The summed E-state index contributed by atoms with van der Waals surface area (Å²) in [6.45, 7) is 5.52. The molecule has 5 aliphatic carbocycles. The number of hydrogen-bond acceptors (Lipinski definition) is 7. The van der Waals surface area contributed by atoms with Crippen LogP contribution in [0.4, 0.5) is 0 Å². The maximum absolute atomic E-state index is 13.0. The summed E-state index contributed by atoms with van der Waals surface area (Å²) >= 11 is 0. The Balaban J connectivity index is 0.875. The van der Waals surface area contributed by atoms with Crippen LogP contribution in [-0.2, 0) is 29.1 Å². The van der Waals surface area contributed by atoms with Crippen molar-refractivity contribution in [3.05, 3.63) is 0 Å². The molecule has 0 unspecified atom stereocenters. The van der Waals surface area contributed by atoms with Gasteiger partial charge in [0.1, 0.15) is 0 Å². The Morgan fingerprint density at radius 3 is 1.94 bits per heavy atom. The Labute approximate surface area is 208 Å². The largest absolute Gasteiger partial charge is 0.379 e. The SMILES string of the molecule is O=C(CC1CCC2(CC1)OOC1(OO2)C2CC3CC(C2)CC1C3)N1CCC(N2CCOCC2)CC1. The molecule has 8 rings (SSSR count). The molecule has 0 N–H and O–H groups in total. The minimum Gasteiger partial charge on any atom is -0.379 e. The van der Waals surface area contributed by atoms with E-state index >= 15 is 0 Å². The van der Waals surface area contributed by atoms with E-state index in [9.17, 15) is 4.79 Å². The highest BCUT2D eigenvalue weighted by Gasteiger charge is 2.64. The van der Waals surface area contributed by atoms with Gasteiger partial charge in [0.05, 0.1) is 13.2 Å². The van der Waals surface area contributed by atoms with Gasteiger partial charge in [0.25, 0.3) is 0 Å². The Bertz CT molecular complexity index is 745. The number of ether oxygens (including phenoxy) is 1. The molecule has 0 aromatic carbocycles. The van der Waals surface area contributed by atoms with Gasteiger partial charge in [0, 0.05) is 63.3 Å². The van der Waals surface area contributed by atoms with E-state index in [1.807, 2.05) is 0 Å². The summed E-state index contributed by atoms with van der Waals surface area (Å²) in [5.41, 5.74) is 0. The van der Waals surface area contributed by atoms with Gasteiger partial charge in [-0.25, -0.2) is 0 Å². The number of likely N-dealkylation sites (tertiary alicyclic amines) is 1. The number of morpholine rings is 1. The zero-order valence-electron chi connectivity index (χ0n) is 21.0. The molecule has 1 amide bonds. The van der Waals surface area contributed by atoms with Crippen molar-refractivity contribution < 1.29 is 29.1 Å². The second-order valence-corrected chi connectivity index (χ2v) is 12.7. The predicted octanol–water partition coefficient (Wildman–Crippen LogP) is 3.65. The number of rotatable bonds is 3. The predicted molar refractivity (Wildman–Crippen MR) is 125 cm³/mol. The number of hydrogen-bond donors (Lipinski definition) is 0. The van der Waals surface area contributed by atoms with Gasteiger partial charge in [-0.3, -0.25) is 9.69 Å². The Kier molecular flexibility index (Phi) is 6.14. The molecule has 8 fully saturated rings. The molecule has 0 atom stereocenters. The highest BCUT2D eigenvalue weighted by molar-refractivity contribution is 5.76. The van der Waals surface area contributed by atoms with Crippen molar-refractivity contribution in [2.24, 2.45) is 29.6 Å². The summed E-state index contributed by atoms with van der Waals surface area (Å²) < 4.78 is 5.49. The van der Waals surface area contributed by atoms with E-state index in [0.717, 1.165) is 89.8 Å². The molecule has 0 radical (unpaired) electrons. The standard InChI is InChI=1S/C27H42N2O6/c30-25(29-7-3-24(4-8-29)28-9-11-31-12-10-28)18-19-1-5-26(6-2-19)32-34-27(35-33-26)22-14-20-13-21(16-22)17-23(27)15-20/h19-24H,1-18H2. The van der Waals surface area contributed by atoms with Crippen LogP contribution in [-0.4, -0.2) is 72.7 Å². The monoisotopic (exact) mass is 490 g/mol. The molecule has 35 heavy (non-hydrogen) atoms. The van der Waals surface area contributed by atoms with Crippen molar-refractivity contribution in [2.45, 2.75) is 94.7 Å². The van der Waals surface area contributed by atoms with Crippen LogP contribution in [0, 0.1) is 29.6 Å². The summed E-state index contributed by atoms with van der Waals surface area (Å²) in [6.07, 6.45) is 12.2. The molecule has 3 heterocycles. The maximum Gasteiger partial charge on any atom is 0.239 e. The molecular weight excluding hydrogens is 448 g/mol. The maximum atomic E-state index is 13.0. The number of carbonyl (C=O) groups excluding carboxylic acids is 1. The third kappa shape index (κ3) is 4.26. The third-order valence-electron chi connectivity index (χ3n) is 10.6. The zero-order chi connectivity index (χ0) is 23.5. The molecule has 0 aromatic rings. The molecular formula is C27H42N2O6. The molecule has 3 saturated heterocycles. The van der Waals surface area contributed by atoms with Crippen molar-refractivity contribution >= 4 is 5.91 Å². The molecule has 8 heteroatoms. The molecule has 3 aliphatic heterocycles. The van der Waals surface area contributed by atoms with E-state index in [2.05, 4.69) is 9.80 Å². The van der Waals surface area contributed by atoms with Crippen molar-refractivity contribution in [1.82, 2.24) is 9.80 Å². The molecule has 5 saturated carbocycles. The molecule has 4 bridgehead atoms. The first kappa shape index (κ1) is 23.4. The molecule has 8 aliphatic rings. The number of nitrogens with zero attached hydrogens (tertiary/aromatic N) is 2. The number of carbonyl (C=O) groups is 1. The van der Waals surface area contributed by atoms with Crippen molar-refractivity contribution in [1.29, 1.82) is 0 Å². The quantitative estimate of drug-likeness (QED) is 0.560. The highest BCUT2D eigenvalue weighted by atomic mass is 17.4. The zero-order valence-corrected chi connectivity index (χ0v) is 21.0. The van der Waals surface area contributed by atoms with E-state index in [4.69, 9.17) is 24.3 Å². The van der Waals surface area contributed by atoms with E-state index in [1.165, 1.54) is 32.1 Å². The second-order valence-electron chi connectivity index (χ2n) is 12.7. The van der Waals surface area contributed by atoms with Crippen molar-refractivity contribution in [2.75, 3.05) is 39.4 Å². The van der Waals surface area contributed by atoms with Crippen LogP contribution in [0.25, 0.3) is 0 Å². The van der Waals surface area contributed by atoms with Gasteiger partial charge in [-0.05, 0) is 75.5 Å². The Hall–Kier alpha value is -0.770. The molecule has 196 valence electrons. The molecule has 8 nitrogen and oxygen atoms in total. The first-order valence-electron chi connectivity index (χ1n) is 14.4. The first-order valence-corrected chi connectivity index (χ1v) is 14.4. The summed E-state index contributed by atoms with van der Waals surface area (Å²) in [6, 6.07) is 0.607. The summed E-state index contributed by atoms with van der Waals surface area (Å²) in [4.78, 5) is 42.2. The third-order valence-corrected chi connectivity index (χ3v) is 10.6. The number of amides is 1. The van der Waals surface area contributed by atoms with Crippen LogP contribution in [0.3, 0.4) is 0 Å². The van der Waals surface area contributed by atoms with Crippen molar-refractivity contribution in [3.8, 4) is 0 Å². The fraction of sp³-hybridized carbons (Fsp3) is 0.963. The first-order chi connectivity index (χ1) is 17.1. The lowest BCUT2D eigenvalue weighted by Gasteiger charge is -2.60. The van der Waals surface area contributed by atoms with Crippen LogP contribution in [0.15, 0.2) is 0 Å². The van der Waals surface area contributed by atoms with Gasteiger partial charge in [-0.2, -0.15) is 19.6 Å². The average Bonchev–Trinajstić information content (AvgIpc) is 2.90. The fourth-order valence-corrected chi connectivity index (χ4v) is 8.71. The smallest absolute Gasteiger partial charge is 0.239 e.